The van der Waals surface area contributed by atoms with E-state index in [9.17, 15) is 0 Å². The van der Waals surface area contributed by atoms with E-state index in [1.54, 1.807) is 0 Å². The molecule has 10 aromatic rings. The van der Waals surface area contributed by atoms with Gasteiger partial charge in [0.05, 0.1) is 16.7 Å². The Hall–Kier alpha value is -7.57. The molecule has 0 saturated heterocycles. The zero-order valence-corrected chi connectivity index (χ0v) is 29.8. The summed E-state index contributed by atoms with van der Waals surface area (Å²) in [4.78, 5) is 20.3. The maximum atomic E-state index is 5.36. The van der Waals surface area contributed by atoms with Crippen molar-refractivity contribution in [1.29, 1.82) is 0 Å². The van der Waals surface area contributed by atoms with E-state index < -0.39 is 0 Å². The van der Waals surface area contributed by atoms with E-state index in [2.05, 4.69) is 166 Å². The molecule has 2 aromatic heterocycles. The Morgan fingerprint density at radius 1 is 0.364 bits per heavy atom. The molecule has 55 heavy (non-hydrogen) atoms. The lowest BCUT2D eigenvalue weighted by atomic mass is 10.1. The van der Waals surface area contributed by atoms with Crippen molar-refractivity contribution in [3.63, 3.8) is 0 Å². The topological polar surface area (TPSA) is 50.1 Å². The number of hydrogen-bond donors (Lipinski definition) is 0. The number of benzene rings is 8. The number of fused-ring (bicyclic) bond motifs is 4. The normalized spacial score (nSPS) is 11.3. The van der Waals surface area contributed by atoms with Crippen LogP contribution < -0.4 is 9.80 Å². The second-order valence-corrected chi connectivity index (χ2v) is 13.4. The molecule has 260 valence electrons. The summed E-state index contributed by atoms with van der Waals surface area (Å²) in [5.41, 5.74) is 8.05. The van der Waals surface area contributed by atoms with E-state index in [1.165, 1.54) is 0 Å². The summed E-state index contributed by atoms with van der Waals surface area (Å²) in [5.74, 6) is 1.58. The van der Waals surface area contributed by atoms with Gasteiger partial charge in [-0.15, -0.1) is 0 Å². The van der Waals surface area contributed by atoms with Crippen LogP contribution in [0.3, 0.4) is 0 Å². The molecular weight excluding hydrogens is 673 g/mol. The highest BCUT2D eigenvalue weighted by Crippen LogP contribution is 2.41. The van der Waals surface area contributed by atoms with Crippen molar-refractivity contribution in [3.05, 3.63) is 206 Å². The Morgan fingerprint density at radius 3 is 1.55 bits per heavy atom. The molecule has 8 aromatic carbocycles. The van der Waals surface area contributed by atoms with Gasteiger partial charge in [0.1, 0.15) is 0 Å². The second kappa shape index (κ2) is 13.8. The summed E-state index contributed by atoms with van der Waals surface area (Å²) >= 11 is 0. The fourth-order valence-electron chi connectivity index (χ4n) is 7.53. The van der Waals surface area contributed by atoms with Gasteiger partial charge in [0.25, 0.3) is 0 Å². The molecule has 2 heterocycles. The largest absolute Gasteiger partial charge is 0.309 e. The Morgan fingerprint density at radius 2 is 0.873 bits per heavy atom. The Kier molecular flexibility index (Phi) is 8.04. The minimum Gasteiger partial charge on any atom is -0.309 e. The number of nitrogens with zero attached hydrogens (tertiary/aromatic N) is 6. The van der Waals surface area contributed by atoms with Crippen LogP contribution in [0.25, 0.3) is 49.7 Å². The van der Waals surface area contributed by atoms with Gasteiger partial charge < -0.3 is 4.57 Å². The van der Waals surface area contributed by atoms with Gasteiger partial charge in [-0.25, -0.2) is 0 Å². The van der Waals surface area contributed by atoms with Crippen LogP contribution in [0.5, 0.6) is 0 Å². The third-order valence-electron chi connectivity index (χ3n) is 10.0. The molecule has 0 aliphatic heterocycles. The first kappa shape index (κ1) is 32.1. The van der Waals surface area contributed by atoms with Crippen LogP contribution in [0.4, 0.5) is 34.6 Å². The zero-order chi connectivity index (χ0) is 36.6. The molecule has 10 rings (SSSR count). The molecule has 0 atom stereocenters. The van der Waals surface area contributed by atoms with E-state index in [1.807, 2.05) is 54.6 Å². The summed E-state index contributed by atoms with van der Waals surface area (Å²) < 4.78 is 2.32. The quantitative estimate of drug-likeness (QED) is 0.157. The second-order valence-electron chi connectivity index (χ2n) is 13.4. The molecule has 0 aliphatic rings. The van der Waals surface area contributed by atoms with Crippen LogP contribution >= 0.6 is 0 Å². The van der Waals surface area contributed by atoms with E-state index in [0.29, 0.717) is 17.7 Å². The molecule has 0 N–H and O–H groups in total. The highest BCUT2D eigenvalue weighted by molar-refractivity contribution is 6.10. The van der Waals surface area contributed by atoms with Gasteiger partial charge in [-0.1, -0.05) is 127 Å². The molecule has 0 bridgehead atoms. The van der Waals surface area contributed by atoms with Gasteiger partial charge in [0.2, 0.25) is 11.9 Å². The average Bonchev–Trinajstić information content (AvgIpc) is 3.59. The van der Waals surface area contributed by atoms with Crippen molar-refractivity contribution in [2.24, 2.45) is 0 Å². The lowest BCUT2D eigenvalue weighted by molar-refractivity contribution is 0.990. The first-order chi connectivity index (χ1) is 27.3. The molecule has 0 radical (unpaired) electrons. The van der Waals surface area contributed by atoms with Crippen molar-refractivity contribution >= 4 is 67.2 Å². The smallest absolute Gasteiger partial charge is 0.240 e. The van der Waals surface area contributed by atoms with E-state index in [-0.39, 0.29) is 0 Å². The molecular formula is C49H34N6. The Bertz CT molecular complexity index is 2880. The van der Waals surface area contributed by atoms with E-state index in [4.69, 9.17) is 15.0 Å². The van der Waals surface area contributed by atoms with Crippen LogP contribution in [0, 0.1) is 0 Å². The van der Waals surface area contributed by atoms with E-state index >= 15 is 0 Å². The number of aromatic nitrogens is 4. The molecule has 0 unspecified atom stereocenters. The number of hydrogen-bond acceptors (Lipinski definition) is 5. The highest BCUT2D eigenvalue weighted by Gasteiger charge is 2.24. The number of rotatable bonds is 8. The van der Waals surface area contributed by atoms with Crippen LogP contribution in [0.15, 0.2) is 206 Å². The van der Waals surface area contributed by atoms with Gasteiger partial charge in [-0.3, -0.25) is 9.80 Å². The number of anilines is 6. The van der Waals surface area contributed by atoms with Crippen LogP contribution in [0.1, 0.15) is 0 Å². The standard InChI is InChI=1S/C49H34N6/c1-5-20-37(21-6-1)53(38-22-7-2-8-23-38)48-50-47(36-32-33-46-43(34-36)42-29-15-16-30-45(42)54(46)39-24-9-3-10-25-39)51-49(52-48)55(40-26-11-4-12-27-40)44-31-17-19-35-18-13-14-28-41(35)44/h1-34H. The van der Waals surface area contributed by atoms with Gasteiger partial charge in [0, 0.05) is 44.5 Å². The van der Waals surface area contributed by atoms with E-state index in [0.717, 1.165) is 66.6 Å². The summed E-state index contributed by atoms with van der Waals surface area (Å²) in [5, 5.41) is 4.51. The average molecular weight is 707 g/mol. The Labute approximate surface area is 318 Å². The molecule has 6 nitrogen and oxygen atoms in total. The van der Waals surface area contributed by atoms with Crippen molar-refractivity contribution < 1.29 is 0 Å². The molecule has 0 aliphatic carbocycles. The predicted octanol–water partition coefficient (Wildman–Crippen LogP) is 12.7. The summed E-state index contributed by atoms with van der Waals surface area (Å²) in [6, 6.07) is 71.3. The van der Waals surface area contributed by atoms with Crippen molar-refractivity contribution in [1.82, 2.24) is 19.5 Å². The van der Waals surface area contributed by atoms with Crippen molar-refractivity contribution in [2.45, 2.75) is 0 Å². The third kappa shape index (κ3) is 5.83. The number of para-hydroxylation sites is 5. The first-order valence-electron chi connectivity index (χ1n) is 18.4. The molecule has 0 saturated carbocycles. The van der Waals surface area contributed by atoms with Crippen molar-refractivity contribution in [3.8, 4) is 17.1 Å². The highest BCUT2D eigenvalue weighted by atomic mass is 15.3. The Balaban J connectivity index is 1.25. The lowest BCUT2D eigenvalue weighted by Crippen LogP contribution is -2.19. The lowest BCUT2D eigenvalue weighted by Gasteiger charge is -2.28. The SMILES string of the molecule is c1ccc(N(c2ccccc2)c2nc(-c3ccc4c(c3)c3ccccc3n4-c3ccccc3)nc(N(c3ccccc3)c3cccc4ccccc34)n2)cc1. The van der Waals surface area contributed by atoms with Crippen LogP contribution in [-0.2, 0) is 0 Å². The molecule has 6 heteroatoms. The first-order valence-corrected chi connectivity index (χ1v) is 18.4. The van der Waals surface area contributed by atoms with Crippen molar-refractivity contribution in [2.75, 3.05) is 9.80 Å². The fraction of sp³-hybridized carbons (Fsp3) is 0. The maximum absolute atomic E-state index is 5.36. The van der Waals surface area contributed by atoms with Gasteiger partial charge in [-0.05, 0) is 84.2 Å². The maximum Gasteiger partial charge on any atom is 0.240 e. The monoisotopic (exact) mass is 706 g/mol. The van der Waals surface area contributed by atoms with Gasteiger partial charge >= 0.3 is 0 Å². The van der Waals surface area contributed by atoms with Gasteiger partial charge in [0.15, 0.2) is 5.82 Å². The summed E-state index contributed by atoms with van der Waals surface area (Å²) in [6.07, 6.45) is 0. The van der Waals surface area contributed by atoms with Crippen LogP contribution in [0.2, 0.25) is 0 Å². The van der Waals surface area contributed by atoms with Crippen LogP contribution in [-0.4, -0.2) is 19.5 Å². The third-order valence-corrected chi connectivity index (χ3v) is 10.0. The fourth-order valence-corrected chi connectivity index (χ4v) is 7.53. The zero-order valence-electron chi connectivity index (χ0n) is 29.8. The minimum absolute atomic E-state index is 0.505. The minimum atomic E-state index is 0.505. The molecule has 0 amide bonds. The molecule has 0 fully saturated rings. The summed E-state index contributed by atoms with van der Waals surface area (Å²) in [7, 11) is 0. The molecule has 0 spiro atoms. The predicted molar refractivity (Wildman–Crippen MR) is 226 cm³/mol. The van der Waals surface area contributed by atoms with Gasteiger partial charge in [-0.2, -0.15) is 15.0 Å². The summed E-state index contributed by atoms with van der Waals surface area (Å²) in [6.45, 7) is 0.